The van der Waals surface area contributed by atoms with Crippen LogP contribution in [-0.4, -0.2) is 111 Å². The summed E-state index contributed by atoms with van der Waals surface area (Å²) in [6.45, 7) is 1.20. The second kappa shape index (κ2) is 8.94. The second-order valence-corrected chi connectivity index (χ2v) is 13.1. The average molecular weight is 560 g/mol. The van der Waals surface area contributed by atoms with Crippen molar-refractivity contribution in [1.29, 1.82) is 0 Å². The summed E-state index contributed by atoms with van der Waals surface area (Å²) < 4.78 is 30.4. The van der Waals surface area contributed by atoms with Crippen molar-refractivity contribution >= 4 is 5.97 Å². The van der Waals surface area contributed by atoms with Gasteiger partial charge in [0, 0.05) is 69.6 Å². The van der Waals surface area contributed by atoms with Crippen LogP contribution in [0.15, 0.2) is 30.3 Å². The Morgan fingerprint density at radius 2 is 1.77 bits per heavy atom. The molecule has 10 nitrogen and oxygen atoms in total. The van der Waals surface area contributed by atoms with Gasteiger partial charge in [-0.15, -0.1) is 0 Å². The summed E-state index contributed by atoms with van der Waals surface area (Å²) in [7, 11) is 6.52. The van der Waals surface area contributed by atoms with Crippen LogP contribution >= 0.6 is 0 Å². The van der Waals surface area contributed by atoms with Crippen LogP contribution in [0.1, 0.15) is 29.6 Å². The number of hydrogen-bond donors (Lipinski definition) is 4. The van der Waals surface area contributed by atoms with Gasteiger partial charge in [-0.05, 0) is 37.3 Å². The van der Waals surface area contributed by atoms with E-state index in [0.717, 1.165) is 12.8 Å². The molecule has 0 radical (unpaired) electrons. The maximum absolute atomic E-state index is 13.4. The van der Waals surface area contributed by atoms with Crippen LogP contribution in [0.2, 0.25) is 0 Å². The van der Waals surface area contributed by atoms with Crippen LogP contribution in [-0.2, 0) is 23.7 Å². The number of nitrogens with one attached hydrogen (secondary N) is 1. The van der Waals surface area contributed by atoms with E-state index in [9.17, 15) is 20.1 Å². The highest BCUT2D eigenvalue weighted by molar-refractivity contribution is 5.89. The van der Waals surface area contributed by atoms with Gasteiger partial charge in [-0.3, -0.25) is 0 Å². The van der Waals surface area contributed by atoms with Gasteiger partial charge in [0.25, 0.3) is 0 Å². The fourth-order valence-corrected chi connectivity index (χ4v) is 11.3. The molecule has 6 aliphatic rings. The van der Waals surface area contributed by atoms with E-state index in [4.69, 9.17) is 23.7 Å². The minimum absolute atomic E-state index is 0.0689. The lowest BCUT2D eigenvalue weighted by Crippen LogP contribution is -2.80. The van der Waals surface area contributed by atoms with E-state index in [-0.39, 0.29) is 35.8 Å². The summed E-state index contributed by atoms with van der Waals surface area (Å²) in [4.78, 5) is 13.4. The first-order chi connectivity index (χ1) is 19.2. The van der Waals surface area contributed by atoms with Crippen LogP contribution in [0.3, 0.4) is 0 Å². The van der Waals surface area contributed by atoms with Gasteiger partial charge in [-0.1, -0.05) is 18.2 Å². The third kappa shape index (κ3) is 2.89. The van der Waals surface area contributed by atoms with Crippen LogP contribution in [0.25, 0.3) is 0 Å². The highest BCUT2D eigenvalue weighted by Crippen LogP contribution is 2.78. The molecule has 6 fully saturated rings. The first-order valence-electron chi connectivity index (χ1n) is 14.4. The Hall–Kier alpha value is -1.63. The Labute approximate surface area is 234 Å². The van der Waals surface area contributed by atoms with Gasteiger partial charge < -0.3 is 44.3 Å². The summed E-state index contributed by atoms with van der Waals surface area (Å²) in [5.41, 5.74) is -3.97. The fraction of sp³-hybridized carbons (Fsp3) is 0.767. The van der Waals surface area contributed by atoms with Crippen molar-refractivity contribution in [2.75, 3.05) is 41.6 Å². The number of aliphatic hydroxyl groups excluding tert-OH is 1. The van der Waals surface area contributed by atoms with E-state index < -0.39 is 58.8 Å². The number of hydrogen-bond acceptors (Lipinski definition) is 10. The van der Waals surface area contributed by atoms with Crippen LogP contribution in [0.5, 0.6) is 0 Å². The number of piperidine rings is 1. The molecule has 14 atom stereocenters. The van der Waals surface area contributed by atoms with Crippen molar-refractivity contribution in [1.82, 2.24) is 5.32 Å². The molecule has 7 bridgehead atoms. The summed E-state index contributed by atoms with van der Waals surface area (Å²) in [6, 6.07) is 8.39. The maximum atomic E-state index is 13.4. The first kappa shape index (κ1) is 27.2. The van der Waals surface area contributed by atoms with Crippen molar-refractivity contribution in [2.45, 2.75) is 67.0 Å². The Morgan fingerprint density at radius 3 is 2.42 bits per heavy atom. The normalized spacial score (nSPS) is 53.4. The first-order valence-corrected chi connectivity index (χ1v) is 14.4. The number of carbonyl (C=O) groups is 1. The molecule has 1 spiro atoms. The lowest BCUT2D eigenvalue weighted by Gasteiger charge is -2.67. The van der Waals surface area contributed by atoms with Gasteiger partial charge in [0.15, 0.2) is 0 Å². The van der Waals surface area contributed by atoms with Gasteiger partial charge in [0.2, 0.25) is 0 Å². The Bertz CT molecular complexity index is 1170. The molecule has 5 saturated carbocycles. The Morgan fingerprint density at radius 1 is 1.02 bits per heavy atom. The topological polar surface area (TPSA) is 136 Å². The molecule has 1 unspecified atom stereocenters. The van der Waals surface area contributed by atoms with Crippen molar-refractivity contribution in [3.05, 3.63) is 35.9 Å². The SMILES string of the molecule is COC[C@]12CC[C@H](OC)[C@]34C(NC1)[C@H]([C@H](OC)[C@H]23)[C@]1(O)[C@H]2[C@@H](OC(=O)c3ccccc3)[C@](O)(C[C@H]24)[C@@H](OC)[C@@H]1O. The maximum Gasteiger partial charge on any atom is 0.338 e. The molecule has 1 aliphatic heterocycles. The number of methoxy groups -OCH3 is 4. The molecule has 10 heteroatoms. The van der Waals surface area contributed by atoms with E-state index in [0.29, 0.717) is 18.7 Å². The summed E-state index contributed by atoms with van der Waals surface area (Å²) in [5.74, 6) is -2.33. The molecule has 0 aromatic heterocycles. The van der Waals surface area contributed by atoms with Crippen LogP contribution in [0, 0.1) is 34.5 Å². The second-order valence-electron chi connectivity index (χ2n) is 13.1. The zero-order valence-electron chi connectivity index (χ0n) is 23.5. The average Bonchev–Trinajstić information content (AvgIpc) is 3.32. The van der Waals surface area contributed by atoms with Gasteiger partial charge in [-0.2, -0.15) is 0 Å². The smallest absolute Gasteiger partial charge is 0.338 e. The number of rotatable bonds is 7. The molecular weight excluding hydrogens is 518 g/mol. The predicted octanol–water partition coefficient (Wildman–Crippen LogP) is 0.374. The van der Waals surface area contributed by atoms with Crippen LogP contribution < -0.4 is 5.32 Å². The summed E-state index contributed by atoms with van der Waals surface area (Å²) >= 11 is 0. The molecule has 1 aromatic rings. The minimum atomic E-state index is -1.77. The Balaban J connectivity index is 1.44. The van der Waals surface area contributed by atoms with E-state index in [2.05, 4.69) is 5.32 Å². The van der Waals surface area contributed by atoms with E-state index in [1.54, 1.807) is 45.6 Å². The van der Waals surface area contributed by atoms with E-state index in [1.165, 1.54) is 7.11 Å². The number of fused-ring (bicyclic) bond motifs is 2. The number of esters is 1. The van der Waals surface area contributed by atoms with Crippen molar-refractivity contribution in [3.8, 4) is 0 Å². The van der Waals surface area contributed by atoms with E-state index >= 15 is 0 Å². The highest BCUT2D eigenvalue weighted by Gasteiger charge is 2.89. The Kier molecular flexibility index (Phi) is 6.08. The number of aliphatic hydroxyl groups is 3. The number of carbonyl (C=O) groups excluding carboxylic acids is 1. The molecule has 220 valence electrons. The number of ether oxygens (including phenoxy) is 5. The molecule has 1 aromatic carbocycles. The lowest BCUT2D eigenvalue weighted by molar-refractivity contribution is -0.304. The predicted molar refractivity (Wildman–Crippen MR) is 140 cm³/mol. The third-order valence-electron chi connectivity index (χ3n) is 12.2. The van der Waals surface area contributed by atoms with Crippen molar-refractivity contribution in [2.24, 2.45) is 34.5 Å². The standard InChI is InChI=1S/C30H41NO9/c1-36-14-27-11-10-17(37-2)29-16-12-28(34)24(40-26(33)15-8-6-5-7-9-15)18(16)30(35,23(32)25(28)39-4)19(22(29)31-13-27)20(38-3)21(27)29/h5-9,16-25,31-32,34-35H,10-14H2,1-4H3/t16-,17+,18-,19+,20+,21-,22?,23+,24-,25+,27+,28-,29+,30-/m1/s1. The molecule has 4 N–H and O–H groups in total. The minimum Gasteiger partial charge on any atom is -0.455 e. The largest absolute Gasteiger partial charge is 0.455 e. The zero-order chi connectivity index (χ0) is 28.2. The summed E-state index contributed by atoms with van der Waals surface area (Å²) in [5, 5.41) is 41.0. The van der Waals surface area contributed by atoms with Crippen LogP contribution in [0.4, 0.5) is 0 Å². The number of benzene rings is 1. The summed E-state index contributed by atoms with van der Waals surface area (Å²) in [6.07, 6.45) is -2.48. The third-order valence-corrected chi connectivity index (χ3v) is 12.2. The van der Waals surface area contributed by atoms with Crippen molar-refractivity contribution in [3.63, 3.8) is 0 Å². The highest BCUT2D eigenvalue weighted by atomic mass is 16.6. The van der Waals surface area contributed by atoms with Gasteiger partial charge >= 0.3 is 5.97 Å². The van der Waals surface area contributed by atoms with Crippen molar-refractivity contribution < 1.29 is 43.8 Å². The molecular formula is C30H41NO9. The van der Waals surface area contributed by atoms with E-state index in [1.807, 2.05) is 6.07 Å². The molecule has 40 heavy (non-hydrogen) atoms. The quantitative estimate of drug-likeness (QED) is 0.347. The van der Waals surface area contributed by atoms with Gasteiger partial charge in [-0.25, -0.2) is 4.79 Å². The molecule has 1 heterocycles. The molecule has 1 saturated heterocycles. The van der Waals surface area contributed by atoms with Gasteiger partial charge in [0.1, 0.15) is 29.5 Å². The molecule has 7 rings (SSSR count). The fourth-order valence-electron chi connectivity index (χ4n) is 11.3. The van der Waals surface area contributed by atoms with Gasteiger partial charge in [0.05, 0.1) is 24.4 Å². The monoisotopic (exact) mass is 559 g/mol. The zero-order valence-corrected chi connectivity index (χ0v) is 23.5. The lowest BCUT2D eigenvalue weighted by atomic mass is 9.43. The molecule has 5 aliphatic carbocycles. The molecule has 0 amide bonds.